The minimum atomic E-state index is -0.314. The molecule has 1 aliphatic heterocycles. The molecular formula is C22H21FN6. The summed E-state index contributed by atoms with van der Waals surface area (Å²) in [6.45, 7) is 0. The first-order valence-corrected chi connectivity index (χ1v) is 10.4. The van der Waals surface area contributed by atoms with Gasteiger partial charge in [0, 0.05) is 11.1 Å². The van der Waals surface area contributed by atoms with E-state index in [4.69, 9.17) is 5.73 Å². The summed E-state index contributed by atoms with van der Waals surface area (Å²) < 4.78 is 14.7. The molecule has 2 saturated carbocycles. The molecule has 0 amide bonds. The molecule has 6 nitrogen and oxygen atoms in total. The normalized spacial score (nSPS) is 29.9. The molecule has 2 fully saturated rings. The predicted molar refractivity (Wildman–Crippen MR) is 110 cm³/mol. The van der Waals surface area contributed by atoms with Crippen LogP contribution in [0.4, 0.5) is 15.9 Å². The summed E-state index contributed by atoms with van der Waals surface area (Å²) in [4.78, 5) is 0. The number of aromatic amines is 2. The van der Waals surface area contributed by atoms with Gasteiger partial charge in [0.15, 0.2) is 5.82 Å². The molecular weight excluding hydrogens is 367 g/mol. The highest BCUT2D eigenvalue weighted by Crippen LogP contribution is 2.64. The molecule has 2 aromatic heterocycles. The van der Waals surface area contributed by atoms with Gasteiger partial charge in [-0.15, -0.1) is 0 Å². The molecule has 0 spiro atoms. The van der Waals surface area contributed by atoms with Crippen LogP contribution in [-0.2, 0) is 0 Å². The van der Waals surface area contributed by atoms with Gasteiger partial charge in [-0.2, -0.15) is 14.6 Å². The van der Waals surface area contributed by atoms with Gasteiger partial charge in [0.2, 0.25) is 5.95 Å². The molecule has 2 aliphatic carbocycles. The molecule has 3 heterocycles. The standard InChI is InChI=1S/C22H21FN6/c23-21-19-15(27-28-21)6-5-14-18(19)16-9-1-2-10(7-9)17(16)20(25-14)11-3-4-13-12(8-11)22(24)29-26-13/h3-6,8-10,16-17,20,25H,1-2,7H2,(H,27,28)(H3,24,26,29). The number of nitrogens with one attached hydrogen (secondary N) is 3. The molecule has 2 aromatic carbocycles. The van der Waals surface area contributed by atoms with Crippen LogP contribution in [0.1, 0.15) is 42.3 Å². The van der Waals surface area contributed by atoms with E-state index in [1.807, 2.05) is 6.07 Å². The number of nitrogens with zero attached hydrogens (tertiary/aromatic N) is 2. The van der Waals surface area contributed by atoms with Crippen molar-refractivity contribution in [3.63, 3.8) is 0 Å². The van der Waals surface area contributed by atoms with Crippen LogP contribution >= 0.6 is 0 Å². The van der Waals surface area contributed by atoms with Gasteiger partial charge in [0.25, 0.3) is 0 Å². The quantitative estimate of drug-likeness (QED) is 0.387. The number of anilines is 2. The van der Waals surface area contributed by atoms with Gasteiger partial charge in [0.1, 0.15) is 0 Å². The lowest BCUT2D eigenvalue weighted by atomic mass is 9.67. The minimum absolute atomic E-state index is 0.189. The average Bonchev–Trinajstić information content (AvgIpc) is 3.52. The lowest BCUT2D eigenvalue weighted by molar-refractivity contribution is 0.249. The first-order valence-electron chi connectivity index (χ1n) is 10.4. The molecule has 5 N–H and O–H groups in total. The van der Waals surface area contributed by atoms with Crippen LogP contribution in [0.3, 0.4) is 0 Å². The van der Waals surface area contributed by atoms with Gasteiger partial charge >= 0.3 is 0 Å². The Morgan fingerprint density at radius 3 is 2.86 bits per heavy atom. The number of nitrogens with two attached hydrogens (primary N) is 1. The van der Waals surface area contributed by atoms with Gasteiger partial charge in [-0.25, -0.2) is 0 Å². The number of benzene rings is 2. The Bertz CT molecular complexity index is 1290. The molecule has 29 heavy (non-hydrogen) atoms. The van der Waals surface area contributed by atoms with Crippen molar-refractivity contribution in [2.75, 3.05) is 11.1 Å². The molecule has 146 valence electrons. The summed E-state index contributed by atoms with van der Waals surface area (Å²) in [6, 6.07) is 10.6. The SMILES string of the molecule is Nc1n[nH]c2ccc(C3Nc4ccc5n[nH]c(F)c5c4C4C5CCC(C5)C34)cc12. The van der Waals surface area contributed by atoms with Crippen molar-refractivity contribution in [2.45, 2.75) is 31.2 Å². The van der Waals surface area contributed by atoms with Crippen LogP contribution in [0, 0.1) is 23.7 Å². The fourth-order valence-corrected chi connectivity index (χ4v) is 6.63. The lowest BCUT2D eigenvalue weighted by Crippen LogP contribution is -2.35. The number of fused-ring (bicyclic) bond motifs is 10. The van der Waals surface area contributed by atoms with Crippen LogP contribution in [0.2, 0.25) is 0 Å². The number of halogens is 1. The summed E-state index contributed by atoms with van der Waals surface area (Å²) in [5.41, 5.74) is 11.1. The zero-order valence-electron chi connectivity index (χ0n) is 15.7. The maximum atomic E-state index is 14.7. The van der Waals surface area contributed by atoms with Crippen LogP contribution in [0.25, 0.3) is 21.8 Å². The van der Waals surface area contributed by atoms with Gasteiger partial charge in [-0.3, -0.25) is 10.2 Å². The topological polar surface area (TPSA) is 95.4 Å². The zero-order chi connectivity index (χ0) is 19.3. The van der Waals surface area contributed by atoms with Gasteiger partial charge in [0.05, 0.1) is 22.5 Å². The molecule has 5 unspecified atom stereocenters. The van der Waals surface area contributed by atoms with E-state index in [1.54, 1.807) is 0 Å². The third-order valence-corrected chi connectivity index (χ3v) is 7.70. The monoisotopic (exact) mass is 388 g/mol. The van der Waals surface area contributed by atoms with Gasteiger partial charge in [-0.1, -0.05) is 6.07 Å². The van der Waals surface area contributed by atoms with Crippen LogP contribution in [-0.4, -0.2) is 20.4 Å². The average molecular weight is 388 g/mol. The largest absolute Gasteiger partial charge is 0.382 e. The maximum Gasteiger partial charge on any atom is 0.217 e. The van der Waals surface area contributed by atoms with Crippen molar-refractivity contribution in [3.8, 4) is 0 Å². The number of nitrogen functional groups attached to an aromatic ring is 1. The number of hydrogen-bond acceptors (Lipinski definition) is 4. The Morgan fingerprint density at radius 2 is 1.93 bits per heavy atom. The van der Waals surface area contributed by atoms with E-state index in [0.29, 0.717) is 34.9 Å². The number of hydrogen-bond donors (Lipinski definition) is 4. The second kappa shape index (κ2) is 5.28. The summed E-state index contributed by atoms with van der Waals surface area (Å²) in [5, 5.41) is 19.2. The fraction of sp³-hybridized carbons (Fsp3) is 0.364. The summed E-state index contributed by atoms with van der Waals surface area (Å²) in [5.74, 6) is 2.32. The Morgan fingerprint density at radius 1 is 1.03 bits per heavy atom. The maximum absolute atomic E-state index is 14.7. The second-order valence-electron chi connectivity index (χ2n) is 8.93. The third-order valence-electron chi connectivity index (χ3n) is 7.70. The Labute approximate surface area is 166 Å². The summed E-state index contributed by atoms with van der Waals surface area (Å²) in [6.07, 6.45) is 3.74. The van der Waals surface area contributed by atoms with E-state index in [2.05, 4.69) is 50.0 Å². The van der Waals surface area contributed by atoms with Crippen LogP contribution in [0.15, 0.2) is 30.3 Å². The van der Waals surface area contributed by atoms with Crippen LogP contribution < -0.4 is 11.1 Å². The van der Waals surface area contributed by atoms with E-state index in [-0.39, 0.29) is 12.0 Å². The molecule has 3 aliphatic rings. The Balaban J connectivity index is 1.45. The van der Waals surface area contributed by atoms with Crippen molar-refractivity contribution >= 4 is 33.3 Å². The third kappa shape index (κ3) is 1.95. The van der Waals surface area contributed by atoms with E-state index in [9.17, 15) is 4.39 Å². The molecule has 0 radical (unpaired) electrons. The molecule has 2 bridgehead atoms. The minimum Gasteiger partial charge on any atom is -0.382 e. The van der Waals surface area contributed by atoms with Crippen molar-refractivity contribution in [1.82, 2.24) is 20.4 Å². The predicted octanol–water partition coefficient (Wildman–Crippen LogP) is 4.46. The van der Waals surface area contributed by atoms with Gasteiger partial charge < -0.3 is 11.1 Å². The number of aromatic nitrogens is 4. The van der Waals surface area contributed by atoms with E-state index >= 15 is 0 Å². The molecule has 7 rings (SSSR count). The second-order valence-corrected chi connectivity index (χ2v) is 8.93. The van der Waals surface area contributed by atoms with Gasteiger partial charge in [-0.05, 0) is 78.3 Å². The van der Waals surface area contributed by atoms with E-state index in [0.717, 1.165) is 27.7 Å². The zero-order valence-corrected chi connectivity index (χ0v) is 15.7. The molecule has 4 aromatic rings. The first-order chi connectivity index (χ1) is 14.2. The van der Waals surface area contributed by atoms with Crippen molar-refractivity contribution in [1.29, 1.82) is 0 Å². The Hall–Kier alpha value is -3.09. The van der Waals surface area contributed by atoms with Crippen LogP contribution in [0.5, 0.6) is 0 Å². The first kappa shape index (κ1) is 15.8. The highest BCUT2D eigenvalue weighted by Gasteiger charge is 2.54. The summed E-state index contributed by atoms with van der Waals surface area (Å²) >= 11 is 0. The molecule has 5 atom stereocenters. The Kier molecular flexibility index (Phi) is 2.88. The number of H-pyrrole nitrogens is 2. The van der Waals surface area contributed by atoms with Crippen molar-refractivity contribution < 1.29 is 4.39 Å². The molecule has 7 heteroatoms. The highest BCUT2D eigenvalue weighted by molar-refractivity contribution is 5.91. The lowest BCUT2D eigenvalue weighted by Gasteiger charge is -2.43. The van der Waals surface area contributed by atoms with Crippen molar-refractivity contribution in [2.24, 2.45) is 17.8 Å². The van der Waals surface area contributed by atoms with Crippen molar-refractivity contribution in [3.05, 3.63) is 47.4 Å². The van der Waals surface area contributed by atoms with E-state index < -0.39 is 0 Å². The number of rotatable bonds is 1. The van der Waals surface area contributed by atoms with E-state index in [1.165, 1.54) is 24.8 Å². The molecule has 0 saturated heterocycles. The smallest absolute Gasteiger partial charge is 0.217 e. The summed E-state index contributed by atoms with van der Waals surface area (Å²) in [7, 11) is 0. The fourth-order valence-electron chi connectivity index (χ4n) is 6.63. The highest BCUT2D eigenvalue weighted by atomic mass is 19.1.